The van der Waals surface area contributed by atoms with E-state index in [1.807, 2.05) is 7.05 Å². The number of rotatable bonds is 5. The summed E-state index contributed by atoms with van der Waals surface area (Å²) in [6.45, 7) is 2.01. The van der Waals surface area contributed by atoms with E-state index in [1.165, 1.54) is 31.2 Å². The van der Waals surface area contributed by atoms with Gasteiger partial charge >= 0.3 is 0 Å². The topological polar surface area (TPSA) is 21.3 Å². The van der Waals surface area contributed by atoms with E-state index in [4.69, 9.17) is 4.74 Å². The first-order chi connectivity index (χ1) is 7.92. The average molecular weight is 219 g/mol. The highest BCUT2D eigenvalue weighted by Gasteiger charge is 2.19. The fraction of sp³-hybridized carbons (Fsp3) is 0.571. The Morgan fingerprint density at radius 3 is 3.06 bits per heavy atom. The smallest absolute Gasteiger partial charge is 0.122 e. The van der Waals surface area contributed by atoms with Gasteiger partial charge in [0.25, 0.3) is 0 Å². The van der Waals surface area contributed by atoms with Crippen molar-refractivity contribution in [2.75, 3.05) is 20.2 Å². The maximum Gasteiger partial charge on any atom is 0.122 e. The number of fused-ring (bicyclic) bond motifs is 1. The highest BCUT2D eigenvalue weighted by molar-refractivity contribution is 5.37. The second kappa shape index (κ2) is 5.90. The highest BCUT2D eigenvalue weighted by atomic mass is 16.5. The minimum Gasteiger partial charge on any atom is -0.493 e. The molecule has 0 fully saturated rings. The molecule has 0 radical (unpaired) electrons. The maximum absolute atomic E-state index is 5.67. The van der Waals surface area contributed by atoms with Crippen LogP contribution in [-0.4, -0.2) is 20.2 Å². The first-order valence-electron chi connectivity index (χ1n) is 6.28. The Hall–Kier alpha value is -1.02. The summed E-state index contributed by atoms with van der Waals surface area (Å²) in [4.78, 5) is 0. The molecule has 1 atom stereocenters. The van der Waals surface area contributed by atoms with Crippen molar-refractivity contribution >= 4 is 0 Å². The molecule has 1 aliphatic heterocycles. The minimum absolute atomic E-state index is 0.710. The Labute approximate surface area is 98.0 Å². The van der Waals surface area contributed by atoms with Crippen LogP contribution >= 0.6 is 0 Å². The Kier molecular flexibility index (Phi) is 4.23. The van der Waals surface area contributed by atoms with E-state index in [1.54, 1.807) is 0 Å². The predicted molar refractivity (Wildman–Crippen MR) is 67.1 cm³/mol. The van der Waals surface area contributed by atoms with Crippen LogP contribution in [-0.2, 0) is 0 Å². The van der Waals surface area contributed by atoms with Gasteiger partial charge in [0.15, 0.2) is 0 Å². The van der Waals surface area contributed by atoms with Gasteiger partial charge in [-0.15, -0.1) is 0 Å². The summed E-state index contributed by atoms with van der Waals surface area (Å²) in [7, 11) is 2.02. The molecule has 0 bridgehead atoms. The van der Waals surface area contributed by atoms with Crippen LogP contribution in [0.5, 0.6) is 5.75 Å². The van der Waals surface area contributed by atoms with Crippen LogP contribution < -0.4 is 10.1 Å². The van der Waals surface area contributed by atoms with E-state index < -0.39 is 0 Å². The summed E-state index contributed by atoms with van der Waals surface area (Å²) in [5.74, 6) is 1.81. The molecule has 1 aromatic carbocycles. The Morgan fingerprint density at radius 2 is 2.19 bits per heavy atom. The zero-order valence-electron chi connectivity index (χ0n) is 10.0. The van der Waals surface area contributed by atoms with Crippen LogP contribution in [0, 0.1) is 0 Å². The van der Waals surface area contributed by atoms with Crippen LogP contribution in [0.4, 0.5) is 0 Å². The van der Waals surface area contributed by atoms with Crippen molar-refractivity contribution in [1.82, 2.24) is 5.32 Å². The molecule has 0 saturated carbocycles. The fourth-order valence-electron chi connectivity index (χ4n) is 2.41. The van der Waals surface area contributed by atoms with Gasteiger partial charge in [-0.25, -0.2) is 0 Å². The van der Waals surface area contributed by atoms with Gasteiger partial charge in [-0.2, -0.15) is 0 Å². The quantitative estimate of drug-likeness (QED) is 0.769. The number of benzene rings is 1. The molecule has 88 valence electrons. The lowest BCUT2D eigenvalue weighted by Gasteiger charge is -2.25. The maximum atomic E-state index is 5.67. The monoisotopic (exact) mass is 219 g/mol. The van der Waals surface area contributed by atoms with Crippen molar-refractivity contribution in [3.63, 3.8) is 0 Å². The van der Waals surface area contributed by atoms with Gasteiger partial charge in [0.2, 0.25) is 0 Å². The molecule has 1 heterocycles. The third-order valence-corrected chi connectivity index (χ3v) is 3.31. The number of hydrogen-bond donors (Lipinski definition) is 1. The highest BCUT2D eigenvalue weighted by Crippen LogP contribution is 2.36. The van der Waals surface area contributed by atoms with Crippen molar-refractivity contribution < 1.29 is 4.74 Å². The van der Waals surface area contributed by atoms with Gasteiger partial charge in [0.1, 0.15) is 5.75 Å². The summed E-state index contributed by atoms with van der Waals surface area (Å²) < 4.78 is 5.67. The lowest BCUT2D eigenvalue weighted by molar-refractivity contribution is 0.261. The second-order valence-electron chi connectivity index (χ2n) is 4.47. The van der Waals surface area contributed by atoms with E-state index in [0.29, 0.717) is 5.92 Å². The molecule has 1 unspecified atom stereocenters. The Bertz CT molecular complexity index is 324. The molecule has 1 aliphatic rings. The Morgan fingerprint density at radius 1 is 1.31 bits per heavy atom. The molecule has 16 heavy (non-hydrogen) atoms. The van der Waals surface area contributed by atoms with Gasteiger partial charge in [0, 0.05) is 0 Å². The molecule has 2 heteroatoms. The molecule has 0 aliphatic carbocycles. The minimum atomic E-state index is 0.710. The fourth-order valence-corrected chi connectivity index (χ4v) is 2.41. The van der Waals surface area contributed by atoms with E-state index in [0.717, 1.165) is 18.9 Å². The van der Waals surface area contributed by atoms with Gasteiger partial charge < -0.3 is 10.1 Å². The van der Waals surface area contributed by atoms with Crippen molar-refractivity contribution in [2.45, 2.75) is 31.6 Å². The third-order valence-electron chi connectivity index (χ3n) is 3.31. The average Bonchev–Trinajstić information content (AvgIpc) is 2.35. The normalized spacial score (nSPS) is 18.9. The first-order valence-corrected chi connectivity index (χ1v) is 6.28. The van der Waals surface area contributed by atoms with E-state index in [2.05, 4.69) is 29.6 Å². The summed E-state index contributed by atoms with van der Waals surface area (Å²) in [5, 5.41) is 3.20. The number of ether oxygens (including phenoxy) is 1. The zero-order chi connectivity index (χ0) is 11.2. The third kappa shape index (κ3) is 2.76. The van der Waals surface area contributed by atoms with Crippen molar-refractivity contribution in [3.8, 4) is 5.75 Å². The number of unbranched alkanes of at least 4 members (excludes halogenated alkanes) is 1. The first kappa shape index (κ1) is 11.5. The molecule has 0 saturated heterocycles. The van der Waals surface area contributed by atoms with Crippen molar-refractivity contribution in [2.24, 2.45) is 0 Å². The van der Waals surface area contributed by atoms with Crippen LogP contribution in [0.25, 0.3) is 0 Å². The van der Waals surface area contributed by atoms with Crippen molar-refractivity contribution in [3.05, 3.63) is 29.8 Å². The van der Waals surface area contributed by atoms with Gasteiger partial charge in [-0.05, 0) is 50.4 Å². The second-order valence-corrected chi connectivity index (χ2v) is 4.47. The van der Waals surface area contributed by atoms with Gasteiger partial charge in [0.05, 0.1) is 6.61 Å². The largest absolute Gasteiger partial charge is 0.493 e. The molecule has 2 nitrogen and oxygen atoms in total. The molecular weight excluding hydrogens is 198 g/mol. The van der Waals surface area contributed by atoms with Gasteiger partial charge in [-0.3, -0.25) is 0 Å². The molecule has 2 rings (SSSR count). The van der Waals surface area contributed by atoms with E-state index >= 15 is 0 Å². The van der Waals surface area contributed by atoms with Crippen LogP contribution in [0.15, 0.2) is 24.3 Å². The molecule has 1 aromatic rings. The molecular formula is C14H21NO. The van der Waals surface area contributed by atoms with Crippen molar-refractivity contribution in [1.29, 1.82) is 0 Å². The predicted octanol–water partition coefficient (Wildman–Crippen LogP) is 2.94. The van der Waals surface area contributed by atoms with E-state index in [-0.39, 0.29) is 0 Å². The number of hydrogen-bond acceptors (Lipinski definition) is 2. The molecule has 0 amide bonds. The van der Waals surface area contributed by atoms with Crippen LogP contribution in [0.2, 0.25) is 0 Å². The lowest BCUT2D eigenvalue weighted by atomic mass is 9.89. The van der Waals surface area contributed by atoms with Gasteiger partial charge in [-0.1, -0.05) is 24.6 Å². The summed E-state index contributed by atoms with van der Waals surface area (Å²) in [6, 6.07) is 8.49. The Balaban J connectivity index is 1.91. The van der Waals surface area contributed by atoms with E-state index in [9.17, 15) is 0 Å². The zero-order valence-corrected chi connectivity index (χ0v) is 10.0. The number of para-hydroxylation sites is 1. The van der Waals surface area contributed by atoms with Crippen LogP contribution in [0.3, 0.4) is 0 Å². The molecule has 1 N–H and O–H groups in total. The standard InChI is InChI=1S/C14H21NO/c1-15-10-5-4-6-12-9-11-16-14-8-3-2-7-13(12)14/h2-3,7-8,12,15H,4-6,9-11H2,1H3. The summed E-state index contributed by atoms with van der Waals surface area (Å²) >= 11 is 0. The summed E-state index contributed by atoms with van der Waals surface area (Å²) in [5.41, 5.74) is 1.42. The van der Waals surface area contributed by atoms with Crippen LogP contribution in [0.1, 0.15) is 37.2 Å². The molecule has 0 aromatic heterocycles. The number of nitrogens with one attached hydrogen (secondary N) is 1. The SMILES string of the molecule is CNCCCCC1CCOc2ccccc21. The summed E-state index contributed by atoms with van der Waals surface area (Å²) in [6.07, 6.45) is 5.05. The lowest BCUT2D eigenvalue weighted by Crippen LogP contribution is -2.14. The molecule has 0 spiro atoms.